The Bertz CT molecular complexity index is 187. The molecule has 13 heavy (non-hydrogen) atoms. The van der Waals surface area contributed by atoms with Crippen molar-refractivity contribution in [2.24, 2.45) is 0 Å². The van der Waals surface area contributed by atoms with Crippen LogP contribution in [0.25, 0.3) is 0 Å². The lowest BCUT2D eigenvalue weighted by atomic mass is 10.4. The molecule has 0 atom stereocenters. The maximum absolute atomic E-state index is 10.6. The van der Waals surface area contributed by atoms with Crippen molar-refractivity contribution in [3.63, 3.8) is 0 Å². The normalized spacial score (nSPS) is 9.38. The highest BCUT2D eigenvalue weighted by Gasteiger charge is 2.04. The summed E-state index contributed by atoms with van der Waals surface area (Å²) in [6.07, 6.45) is -0.380. The second-order valence-corrected chi connectivity index (χ2v) is 2.81. The van der Waals surface area contributed by atoms with Gasteiger partial charge in [0.25, 0.3) is 0 Å². The van der Waals surface area contributed by atoms with Gasteiger partial charge in [-0.1, -0.05) is 0 Å². The SMILES string of the molecule is CN(CCCNC(=O)CCl)C(=O)O. The van der Waals surface area contributed by atoms with Crippen LogP contribution in [-0.2, 0) is 4.79 Å². The van der Waals surface area contributed by atoms with E-state index >= 15 is 0 Å². The predicted octanol–water partition coefficient (Wildman–Crippen LogP) is 0.341. The molecule has 0 fully saturated rings. The molecule has 0 spiro atoms. The summed E-state index contributed by atoms with van der Waals surface area (Å²) in [6, 6.07) is 0. The van der Waals surface area contributed by atoms with Crippen molar-refractivity contribution >= 4 is 23.6 Å². The van der Waals surface area contributed by atoms with Gasteiger partial charge in [-0.05, 0) is 6.42 Å². The van der Waals surface area contributed by atoms with E-state index in [1.807, 2.05) is 0 Å². The van der Waals surface area contributed by atoms with Crippen LogP contribution in [0.15, 0.2) is 0 Å². The predicted molar refractivity (Wildman–Crippen MR) is 49.0 cm³/mol. The Morgan fingerprint density at radius 3 is 2.62 bits per heavy atom. The van der Waals surface area contributed by atoms with E-state index < -0.39 is 6.09 Å². The maximum Gasteiger partial charge on any atom is 0.407 e. The first-order chi connectivity index (χ1) is 6.07. The van der Waals surface area contributed by atoms with E-state index in [1.165, 1.54) is 7.05 Å². The van der Waals surface area contributed by atoms with Crippen LogP contribution in [0.4, 0.5) is 4.79 Å². The lowest BCUT2D eigenvalue weighted by Crippen LogP contribution is -2.30. The van der Waals surface area contributed by atoms with Crippen molar-refractivity contribution in [2.75, 3.05) is 26.0 Å². The molecule has 0 saturated heterocycles. The molecule has 0 unspecified atom stereocenters. The highest BCUT2D eigenvalue weighted by Crippen LogP contribution is 1.86. The summed E-state index contributed by atoms with van der Waals surface area (Å²) >= 11 is 5.23. The second-order valence-electron chi connectivity index (χ2n) is 2.54. The zero-order valence-electron chi connectivity index (χ0n) is 7.42. The number of amides is 2. The quantitative estimate of drug-likeness (QED) is 0.506. The molecule has 0 aromatic heterocycles. The number of carbonyl (C=O) groups excluding carboxylic acids is 1. The van der Waals surface area contributed by atoms with Crippen LogP contribution in [0.1, 0.15) is 6.42 Å². The van der Waals surface area contributed by atoms with Gasteiger partial charge in [0.2, 0.25) is 5.91 Å². The lowest BCUT2D eigenvalue weighted by molar-refractivity contribution is -0.118. The van der Waals surface area contributed by atoms with E-state index in [0.717, 1.165) is 4.90 Å². The van der Waals surface area contributed by atoms with Gasteiger partial charge >= 0.3 is 6.09 Å². The zero-order valence-corrected chi connectivity index (χ0v) is 8.17. The molecule has 0 aliphatic rings. The molecule has 0 aromatic rings. The molecule has 0 aliphatic carbocycles. The van der Waals surface area contributed by atoms with Crippen molar-refractivity contribution in [1.82, 2.24) is 10.2 Å². The Balaban J connectivity index is 3.35. The van der Waals surface area contributed by atoms with Crippen molar-refractivity contribution in [1.29, 1.82) is 0 Å². The molecular weight excluding hydrogens is 196 g/mol. The van der Waals surface area contributed by atoms with Gasteiger partial charge in [0.05, 0.1) is 0 Å². The summed E-state index contributed by atoms with van der Waals surface area (Å²) in [5.74, 6) is -0.297. The van der Waals surface area contributed by atoms with Crippen molar-refractivity contribution < 1.29 is 14.7 Å². The molecule has 0 aliphatic heterocycles. The largest absolute Gasteiger partial charge is 0.465 e. The van der Waals surface area contributed by atoms with Crippen molar-refractivity contribution in [3.8, 4) is 0 Å². The van der Waals surface area contributed by atoms with Crippen molar-refractivity contribution in [2.45, 2.75) is 6.42 Å². The molecule has 0 rings (SSSR count). The van der Waals surface area contributed by atoms with Gasteiger partial charge in [-0.25, -0.2) is 4.79 Å². The zero-order chi connectivity index (χ0) is 10.3. The van der Waals surface area contributed by atoms with Crippen LogP contribution in [0.2, 0.25) is 0 Å². The van der Waals surface area contributed by atoms with Gasteiger partial charge in [0.15, 0.2) is 0 Å². The molecule has 0 aromatic carbocycles. The molecule has 2 N–H and O–H groups in total. The van der Waals surface area contributed by atoms with Crippen LogP contribution < -0.4 is 5.32 Å². The lowest BCUT2D eigenvalue weighted by Gasteiger charge is -2.12. The molecule has 0 bridgehead atoms. The van der Waals surface area contributed by atoms with E-state index in [-0.39, 0.29) is 11.8 Å². The number of carbonyl (C=O) groups is 2. The topological polar surface area (TPSA) is 69.6 Å². The highest BCUT2D eigenvalue weighted by atomic mass is 35.5. The first-order valence-corrected chi connectivity index (χ1v) is 4.38. The second kappa shape index (κ2) is 6.54. The molecule has 6 heteroatoms. The van der Waals surface area contributed by atoms with Gasteiger partial charge < -0.3 is 15.3 Å². The fourth-order valence-corrected chi connectivity index (χ4v) is 0.781. The number of rotatable bonds is 5. The van der Waals surface area contributed by atoms with Gasteiger partial charge in [0.1, 0.15) is 5.88 Å². The Morgan fingerprint density at radius 1 is 1.54 bits per heavy atom. The summed E-state index contributed by atoms with van der Waals surface area (Å²) < 4.78 is 0. The average molecular weight is 209 g/mol. The summed E-state index contributed by atoms with van der Waals surface area (Å²) in [4.78, 5) is 22.1. The van der Waals surface area contributed by atoms with Gasteiger partial charge in [-0.3, -0.25) is 4.79 Å². The third-order valence-electron chi connectivity index (χ3n) is 1.44. The summed E-state index contributed by atoms with van der Waals surface area (Å²) in [5.41, 5.74) is 0. The molecule has 2 amide bonds. The maximum atomic E-state index is 10.6. The van der Waals surface area contributed by atoms with Gasteiger partial charge in [0, 0.05) is 20.1 Å². The minimum absolute atomic E-state index is 0.0607. The molecule has 0 heterocycles. The van der Waals surface area contributed by atoms with Crippen LogP contribution in [0.5, 0.6) is 0 Å². The minimum atomic E-state index is -0.969. The van der Waals surface area contributed by atoms with Crippen LogP contribution in [0, 0.1) is 0 Å². The minimum Gasteiger partial charge on any atom is -0.465 e. The van der Waals surface area contributed by atoms with E-state index in [4.69, 9.17) is 16.7 Å². The Kier molecular flexibility index (Phi) is 6.05. The van der Waals surface area contributed by atoms with E-state index in [2.05, 4.69) is 5.32 Å². The van der Waals surface area contributed by atoms with E-state index in [0.29, 0.717) is 19.5 Å². The summed E-state index contributed by atoms with van der Waals surface area (Å²) in [6.45, 7) is 0.848. The smallest absolute Gasteiger partial charge is 0.407 e. The van der Waals surface area contributed by atoms with Crippen LogP contribution >= 0.6 is 11.6 Å². The Morgan fingerprint density at radius 2 is 2.15 bits per heavy atom. The Hall–Kier alpha value is -0.970. The molecule has 5 nitrogen and oxygen atoms in total. The van der Waals surface area contributed by atoms with Crippen LogP contribution in [0.3, 0.4) is 0 Å². The standard InChI is InChI=1S/C7H13ClN2O3/c1-10(7(12)13)4-2-3-9-6(11)5-8/h2-5H2,1H3,(H,9,11)(H,12,13). The van der Waals surface area contributed by atoms with E-state index in [1.54, 1.807) is 0 Å². The summed E-state index contributed by atoms with van der Waals surface area (Å²) in [7, 11) is 1.48. The number of nitrogens with one attached hydrogen (secondary N) is 1. The van der Waals surface area contributed by atoms with E-state index in [9.17, 15) is 9.59 Å². The number of nitrogens with zero attached hydrogens (tertiary/aromatic N) is 1. The average Bonchev–Trinajstić information content (AvgIpc) is 2.11. The highest BCUT2D eigenvalue weighted by molar-refractivity contribution is 6.27. The third kappa shape index (κ3) is 6.21. The monoisotopic (exact) mass is 208 g/mol. The number of carboxylic acid groups (broad SMARTS) is 1. The molecule has 76 valence electrons. The first kappa shape index (κ1) is 12.0. The molecule has 0 saturated carbocycles. The molecule has 0 radical (unpaired) electrons. The number of hydrogen-bond donors (Lipinski definition) is 2. The van der Waals surface area contributed by atoms with Crippen molar-refractivity contribution in [3.05, 3.63) is 0 Å². The van der Waals surface area contributed by atoms with Crippen LogP contribution in [-0.4, -0.2) is 48.0 Å². The third-order valence-corrected chi connectivity index (χ3v) is 1.68. The number of halogens is 1. The fraction of sp³-hybridized carbons (Fsp3) is 0.714. The first-order valence-electron chi connectivity index (χ1n) is 3.84. The fourth-order valence-electron chi connectivity index (χ4n) is 0.687. The Labute approximate surface area is 81.7 Å². The number of alkyl halides is 1. The van der Waals surface area contributed by atoms with Gasteiger partial charge in [-0.15, -0.1) is 11.6 Å². The summed E-state index contributed by atoms with van der Waals surface area (Å²) in [5, 5.41) is 11.0. The molecular formula is C7H13ClN2O3. The van der Waals surface area contributed by atoms with Gasteiger partial charge in [-0.2, -0.15) is 0 Å². The number of hydrogen-bond acceptors (Lipinski definition) is 2.